The highest BCUT2D eigenvalue weighted by atomic mass is 16.5. The summed E-state index contributed by atoms with van der Waals surface area (Å²) >= 11 is 0. The normalized spacial score (nSPS) is 22.7. The first-order chi connectivity index (χ1) is 5.75. The molecule has 1 aliphatic heterocycles. The van der Waals surface area contributed by atoms with E-state index in [1.807, 2.05) is 7.05 Å². The molecule has 0 aromatic carbocycles. The molecule has 1 atom stereocenters. The molecule has 0 unspecified atom stereocenters. The van der Waals surface area contributed by atoms with Gasteiger partial charge in [-0.2, -0.15) is 0 Å². The van der Waals surface area contributed by atoms with E-state index in [1.165, 1.54) is 0 Å². The maximum Gasteiger partial charge on any atom is 0.248 e. The second kappa shape index (κ2) is 4.42. The van der Waals surface area contributed by atoms with Crippen molar-refractivity contribution in [2.24, 2.45) is 0 Å². The number of carbonyl (C=O) groups is 1. The van der Waals surface area contributed by atoms with E-state index in [-0.39, 0.29) is 12.5 Å². The van der Waals surface area contributed by atoms with Crippen LogP contribution in [-0.4, -0.2) is 50.7 Å². The second-order valence-electron chi connectivity index (χ2n) is 3.08. The molecule has 1 aliphatic rings. The molecule has 1 fully saturated rings. The van der Waals surface area contributed by atoms with Crippen LogP contribution in [0, 0.1) is 0 Å². The molecular weight excluding hydrogens is 156 g/mol. The Morgan fingerprint density at radius 3 is 3.00 bits per heavy atom. The van der Waals surface area contributed by atoms with E-state index in [0.717, 1.165) is 19.5 Å². The minimum absolute atomic E-state index is 0.0613. The Kier molecular flexibility index (Phi) is 3.49. The lowest BCUT2D eigenvalue weighted by atomic mass is 10.2. The van der Waals surface area contributed by atoms with Crippen LogP contribution in [0.5, 0.6) is 0 Å². The van der Waals surface area contributed by atoms with Crippen LogP contribution in [-0.2, 0) is 9.53 Å². The van der Waals surface area contributed by atoms with Gasteiger partial charge in [-0.25, -0.2) is 0 Å². The summed E-state index contributed by atoms with van der Waals surface area (Å²) in [5.41, 5.74) is 0. The zero-order valence-electron chi connectivity index (χ0n) is 7.67. The minimum Gasteiger partial charge on any atom is -0.375 e. The summed E-state index contributed by atoms with van der Waals surface area (Å²) in [5.74, 6) is 0.0613. The third kappa shape index (κ3) is 2.19. The summed E-state index contributed by atoms with van der Waals surface area (Å²) in [7, 11) is 3.37. The van der Waals surface area contributed by atoms with Gasteiger partial charge in [0, 0.05) is 26.7 Å². The molecule has 0 aliphatic carbocycles. The number of hydrogen-bond donors (Lipinski definition) is 1. The first kappa shape index (κ1) is 9.48. The molecule has 0 aromatic heterocycles. The molecule has 0 spiro atoms. The number of rotatable bonds is 3. The average molecular weight is 172 g/mol. The van der Waals surface area contributed by atoms with Gasteiger partial charge in [0.25, 0.3) is 0 Å². The maximum atomic E-state index is 11.3. The predicted molar refractivity (Wildman–Crippen MR) is 45.9 cm³/mol. The van der Waals surface area contributed by atoms with E-state index in [4.69, 9.17) is 4.74 Å². The van der Waals surface area contributed by atoms with Crippen LogP contribution in [0.1, 0.15) is 6.42 Å². The lowest BCUT2D eigenvalue weighted by Crippen LogP contribution is -2.40. The van der Waals surface area contributed by atoms with E-state index >= 15 is 0 Å². The molecule has 1 amide bonds. The molecule has 1 saturated heterocycles. The Labute approximate surface area is 72.9 Å². The van der Waals surface area contributed by atoms with Gasteiger partial charge in [0.05, 0.1) is 0 Å². The summed E-state index contributed by atoms with van der Waals surface area (Å²) in [4.78, 5) is 13.1. The Balaban J connectivity index is 2.34. The lowest BCUT2D eigenvalue weighted by Gasteiger charge is -2.23. The number of hydrogen-bond acceptors (Lipinski definition) is 3. The number of methoxy groups -OCH3 is 1. The Morgan fingerprint density at radius 1 is 1.75 bits per heavy atom. The highest BCUT2D eigenvalue weighted by Gasteiger charge is 2.22. The zero-order valence-corrected chi connectivity index (χ0v) is 7.67. The van der Waals surface area contributed by atoms with Gasteiger partial charge >= 0.3 is 0 Å². The quantitative estimate of drug-likeness (QED) is 0.621. The number of nitrogens with one attached hydrogen (secondary N) is 1. The standard InChI is InChI=1S/C8H16N2O2/c1-10(8(11)6-12-2)7-3-4-9-5-7/h7,9H,3-6H2,1-2H3/t7-/m1/s1. The van der Waals surface area contributed by atoms with E-state index in [1.54, 1.807) is 12.0 Å². The molecule has 70 valence electrons. The number of carbonyl (C=O) groups excluding carboxylic acids is 1. The van der Waals surface area contributed by atoms with Crippen LogP contribution in [0.3, 0.4) is 0 Å². The molecule has 12 heavy (non-hydrogen) atoms. The van der Waals surface area contributed by atoms with Crippen LogP contribution in [0.2, 0.25) is 0 Å². The van der Waals surface area contributed by atoms with Gasteiger partial charge in [-0.15, -0.1) is 0 Å². The molecule has 1 N–H and O–H groups in total. The SMILES string of the molecule is COCC(=O)N(C)[C@@H]1CCNC1. The van der Waals surface area contributed by atoms with Gasteiger partial charge in [-0.3, -0.25) is 4.79 Å². The maximum absolute atomic E-state index is 11.3. The number of nitrogens with zero attached hydrogens (tertiary/aromatic N) is 1. The molecule has 0 bridgehead atoms. The average Bonchev–Trinajstić information content (AvgIpc) is 2.55. The van der Waals surface area contributed by atoms with Crippen LogP contribution in [0.25, 0.3) is 0 Å². The number of amides is 1. The van der Waals surface area contributed by atoms with Crippen molar-refractivity contribution in [1.29, 1.82) is 0 Å². The van der Waals surface area contributed by atoms with Crippen molar-refractivity contribution in [2.45, 2.75) is 12.5 Å². The summed E-state index contributed by atoms with van der Waals surface area (Å²) in [5, 5.41) is 3.22. The molecule has 0 aromatic rings. The van der Waals surface area contributed by atoms with Gasteiger partial charge in [-0.1, -0.05) is 0 Å². The first-order valence-electron chi connectivity index (χ1n) is 4.21. The summed E-state index contributed by atoms with van der Waals surface area (Å²) < 4.78 is 4.77. The number of ether oxygens (including phenoxy) is 1. The van der Waals surface area contributed by atoms with Crippen molar-refractivity contribution in [2.75, 3.05) is 33.9 Å². The minimum atomic E-state index is 0.0613. The van der Waals surface area contributed by atoms with Crippen molar-refractivity contribution in [1.82, 2.24) is 10.2 Å². The molecule has 0 saturated carbocycles. The van der Waals surface area contributed by atoms with Crippen LogP contribution < -0.4 is 5.32 Å². The Hall–Kier alpha value is -0.610. The summed E-state index contributed by atoms with van der Waals surface area (Å²) in [6, 6.07) is 0.354. The van der Waals surface area contributed by atoms with Gasteiger partial charge in [0.1, 0.15) is 6.61 Å². The number of likely N-dealkylation sites (N-methyl/N-ethyl adjacent to an activating group) is 1. The van der Waals surface area contributed by atoms with E-state index in [0.29, 0.717) is 6.04 Å². The summed E-state index contributed by atoms with van der Waals surface area (Å²) in [6.45, 7) is 2.11. The van der Waals surface area contributed by atoms with Gasteiger partial charge < -0.3 is 15.0 Å². The topological polar surface area (TPSA) is 41.6 Å². The predicted octanol–water partition coefficient (Wildman–Crippen LogP) is -0.547. The molecule has 1 rings (SSSR count). The Morgan fingerprint density at radius 2 is 2.50 bits per heavy atom. The molecule has 4 nitrogen and oxygen atoms in total. The third-order valence-corrected chi connectivity index (χ3v) is 2.24. The van der Waals surface area contributed by atoms with Gasteiger partial charge in [0.15, 0.2) is 0 Å². The zero-order chi connectivity index (χ0) is 8.97. The van der Waals surface area contributed by atoms with E-state index in [2.05, 4.69) is 5.32 Å². The second-order valence-corrected chi connectivity index (χ2v) is 3.08. The Bertz CT molecular complexity index is 155. The van der Waals surface area contributed by atoms with Crippen molar-refractivity contribution in [3.63, 3.8) is 0 Å². The first-order valence-corrected chi connectivity index (χ1v) is 4.21. The molecule has 4 heteroatoms. The molecule has 0 radical (unpaired) electrons. The fourth-order valence-corrected chi connectivity index (χ4v) is 1.40. The smallest absolute Gasteiger partial charge is 0.248 e. The highest BCUT2D eigenvalue weighted by Crippen LogP contribution is 2.05. The summed E-state index contributed by atoms with van der Waals surface area (Å²) in [6.07, 6.45) is 1.05. The van der Waals surface area contributed by atoms with Crippen LogP contribution in [0.4, 0.5) is 0 Å². The van der Waals surface area contributed by atoms with E-state index in [9.17, 15) is 4.79 Å². The van der Waals surface area contributed by atoms with Gasteiger partial charge in [-0.05, 0) is 13.0 Å². The highest BCUT2D eigenvalue weighted by molar-refractivity contribution is 5.77. The van der Waals surface area contributed by atoms with E-state index < -0.39 is 0 Å². The fraction of sp³-hybridized carbons (Fsp3) is 0.875. The largest absolute Gasteiger partial charge is 0.375 e. The van der Waals surface area contributed by atoms with Crippen molar-refractivity contribution < 1.29 is 9.53 Å². The lowest BCUT2D eigenvalue weighted by molar-refractivity contribution is -0.135. The fourth-order valence-electron chi connectivity index (χ4n) is 1.40. The monoisotopic (exact) mass is 172 g/mol. The molecule has 1 heterocycles. The van der Waals surface area contributed by atoms with Crippen LogP contribution >= 0.6 is 0 Å². The van der Waals surface area contributed by atoms with Crippen molar-refractivity contribution >= 4 is 5.91 Å². The van der Waals surface area contributed by atoms with Gasteiger partial charge in [0.2, 0.25) is 5.91 Å². The van der Waals surface area contributed by atoms with Crippen molar-refractivity contribution in [3.8, 4) is 0 Å². The van der Waals surface area contributed by atoms with Crippen molar-refractivity contribution in [3.05, 3.63) is 0 Å². The molecular formula is C8H16N2O2. The third-order valence-electron chi connectivity index (χ3n) is 2.24. The van der Waals surface area contributed by atoms with Crippen LogP contribution in [0.15, 0.2) is 0 Å².